The Morgan fingerprint density at radius 3 is 2.57 bits per heavy atom. The first-order chi connectivity index (χ1) is 34.2. The van der Waals surface area contributed by atoms with Crippen molar-refractivity contribution in [1.82, 2.24) is 30.1 Å². The van der Waals surface area contributed by atoms with Crippen LogP contribution in [0.2, 0.25) is 0 Å². The first-order valence-corrected chi connectivity index (χ1v) is 23.1. The van der Waals surface area contributed by atoms with E-state index < -0.39 is 47.6 Å². The lowest BCUT2D eigenvalue weighted by Gasteiger charge is -2.42. The van der Waals surface area contributed by atoms with Crippen LogP contribution in [0.4, 0.5) is 22.4 Å². The molecule has 0 saturated carbocycles. The van der Waals surface area contributed by atoms with Crippen molar-refractivity contribution >= 4 is 27.8 Å². The molecule has 5 heterocycles. The fraction of sp³-hybridized carbons (Fsp3) is 0.423. The molecule has 2 unspecified atom stereocenters. The van der Waals surface area contributed by atoms with Gasteiger partial charge >= 0.3 is 12.1 Å². The molecule has 0 aliphatic carbocycles. The number of piperidine rings is 1. The third kappa shape index (κ3) is 10.8. The standard InChI is InChI=1S/C52H56F4N6O7/c1-51(23-36(53)27-61(30-51)26-33-12-15-38(65-3)16-13-33)60-50(63)66-20-7-11-40-43(55)17-14-35-21-39(69-32-64-2)22-41(44(35)40)46-45(56)47-42(25-57-46)48(67-29-34-9-5-4-6-10-34)59-49(58-47)68-31-52-18-8-19-62(52)28-37(54)24-52/h4-6,9-10,12-17,21-22,25,36-37H,7-8,11,18-20,23-24,26-32H2,1-3H3,(H,60,63)/t36?,37-,51?,52+/m1/s1/i27D2. The van der Waals surface area contributed by atoms with E-state index in [1.807, 2.05) is 30.3 Å². The molecule has 6 aromatic rings. The van der Waals surface area contributed by atoms with Crippen molar-refractivity contribution in [2.75, 3.05) is 60.4 Å². The molecule has 0 bridgehead atoms. The second kappa shape index (κ2) is 20.7. The molecule has 3 aliphatic rings. The summed E-state index contributed by atoms with van der Waals surface area (Å²) < 4.78 is 115. The molecule has 0 radical (unpaired) electrons. The Hall–Kier alpha value is -6.30. The quantitative estimate of drug-likeness (QED) is 0.0501. The Morgan fingerprint density at radius 1 is 0.942 bits per heavy atom. The number of benzene rings is 4. The number of nitrogens with one attached hydrogen (secondary N) is 1. The van der Waals surface area contributed by atoms with Gasteiger partial charge in [0.25, 0.3) is 0 Å². The third-order valence-electron chi connectivity index (χ3n) is 13.1. The summed E-state index contributed by atoms with van der Waals surface area (Å²) in [5, 5.41) is 3.73. The molecule has 4 atom stereocenters. The summed E-state index contributed by atoms with van der Waals surface area (Å²) in [6, 6.07) is 22.3. The largest absolute Gasteiger partial charge is 0.497 e. The second-order valence-electron chi connectivity index (χ2n) is 18.2. The van der Waals surface area contributed by atoms with E-state index in [1.165, 1.54) is 31.4 Å². The fourth-order valence-corrected chi connectivity index (χ4v) is 9.89. The van der Waals surface area contributed by atoms with Crippen LogP contribution in [0.25, 0.3) is 32.9 Å². The highest BCUT2D eigenvalue weighted by Gasteiger charge is 2.49. The molecule has 9 rings (SSSR count). The van der Waals surface area contributed by atoms with E-state index in [0.29, 0.717) is 29.5 Å². The molecule has 3 aliphatic heterocycles. The zero-order valence-electron chi connectivity index (χ0n) is 40.7. The summed E-state index contributed by atoms with van der Waals surface area (Å²) in [7, 11) is 2.99. The molecular formula is C52H56F4N6O7. The van der Waals surface area contributed by atoms with E-state index in [2.05, 4.69) is 25.2 Å². The predicted octanol–water partition coefficient (Wildman–Crippen LogP) is 9.31. The summed E-state index contributed by atoms with van der Waals surface area (Å²) in [5.74, 6) is -0.527. The van der Waals surface area contributed by atoms with Crippen molar-refractivity contribution in [3.05, 3.63) is 113 Å². The number of carbonyl (C=O) groups is 1. The molecule has 364 valence electrons. The van der Waals surface area contributed by atoms with Gasteiger partial charge in [-0.05, 0) is 96.9 Å². The number of methoxy groups -OCH3 is 2. The number of fused-ring (bicyclic) bond motifs is 3. The smallest absolute Gasteiger partial charge is 0.407 e. The second-order valence-corrected chi connectivity index (χ2v) is 18.2. The van der Waals surface area contributed by atoms with Gasteiger partial charge in [0.2, 0.25) is 5.88 Å². The average Bonchev–Trinajstić information content (AvgIpc) is 3.89. The van der Waals surface area contributed by atoms with E-state index in [4.69, 9.17) is 31.2 Å². The van der Waals surface area contributed by atoms with Gasteiger partial charge in [-0.3, -0.25) is 14.8 Å². The molecule has 1 amide bonds. The van der Waals surface area contributed by atoms with E-state index in [0.717, 1.165) is 30.5 Å². The number of likely N-dealkylation sites (tertiary alicyclic amines) is 1. The number of rotatable bonds is 18. The fourth-order valence-electron chi connectivity index (χ4n) is 9.89. The first-order valence-electron chi connectivity index (χ1n) is 24.1. The minimum atomic E-state index is -2.30. The Bertz CT molecular complexity index is 2880. The highest BCUT2D eigenvalue weighted by atomic mass is 19.1. The van der Waals surface area contributed by atoms with Gasteiger partial charge in [-0.2, -0.15) is 9.97 Å². The van der Waals surface area contributed by atoms with Crippen LogP contribution in [-0.2, 0) is 29.0 Å². The van der Waals surface area contributed by atoms with Crippen LogP contribution in [0.15, 0.2) is 85.1 Å². The van der Waals surface area contributed by atoms with Gasteiger partial charge in [0, 0.05) is 60.6 Å². The molecule has 3 fully saturated rings. The summed E-state index contributed by atoms with van der Waals surface area (Å²) in [6.07, 6.45) is -0.560. The van der Waals surface area contributed by atoms with E-state index in [-0.39, 0.29) is 104 Å². The lowest BCUT2D eigenvalue weighted by atomic mass is 9.90. The SMILES string of the molecule is [2H]C1([2H])C(F)CC(C)(NC(=O)OCCCc2c(F)ccc3cc(OCOC)cc(-c4ncc5c(OCc6ccccc6)nc(OC[C@@]67CCCN6C[C@H](F)C7)nc5c4F)c23)CN1Cc1ccc(OC)cc1. The van der Waals surface area contributed by atoms with Crippen LogP contribution in [0, 0.1) is 11.6 Å². The van der Waals surface area contributed by atoms with Crippen molar-refractivity contribution in [3.63, 3.8) is 0 Å². The Kier molecular flexibility index (Phi) is 13.6. The number of pyridine rings is 1. The number of halogens is 4. The normalized spacial score (nSPS) is 22.8. The molecule has 4 aromatic carbocycles. The number of hydrogen-bond acceptors (Lipinski definition) is 12. The van der Waals surface area contributed by atoms with E-state index in [1.54, 1.807) is 49.4 Å². The van der Waals surface area contributed by atoms with Crippen molar-refractivity contribution in [3.8, 4) is 34.6 Å². The van der Waals surface area contributed by atoms with Gasteiger partial charge in [-0.1, -0.05) is 48.5 Å². The first kappa shape index (κ1) is 45.2. The number of alkyl carbamates (subject to hydrolysis) is 1. The van der Waals surface area contributed by atoms with Gasteiger partial charge < -0.3 is 33.7 Å². The van der Waals surface area contributed by atoms with Crippen molar-refractivity contribution in [2.24, 2.45) is 0 Å². The number of nitrogens with zero attached hydrogens (tertiary/aromatic N) is 5. The van der Waals surface area contributed by atoms with Crippen LogP contribution < -0.4 is 24.3 Å². The van der Waals surface area contributed by atoms with Crippen LogP contribution in [0.3, 0.4) is 0 Å². The zero-order chi connectivity index (χ0) is 49.9. The maximum absolute atomic E-state index is 17.5. The number of hydrogen-bond donors (Lipinski definition) is 1. The van der Waals surface area contributed by atoms with Gasteiger partial charge in [-0.25, -0.2) is 22.4 Å². The van der Waals surface area contributed by atoms with Gasteiger partial charge in [0.05, 0.1) is 30.2 Å². The summed E-state index contributed by atoms with van der Waals surface area (Å²) >= 11 is 0. The van der Waals surface area contributed by atoms with Crippen LogP contribution in [0.1, 0.15) is 58.5 Å². The Morgan fingerprint density at radius 2 is 1.77 bits per heavy atom. The van der Waals surface area contributed by atoms with Crippen molar-refractivity contribution in [1.29, 1.82) is 0 Å². The Labute approximate surface area is 400 Å². The molecular weight excluding hydrogens is 897 g/mol. The van der Waals surface area contributed by atoms with Crippen molar-refractivity contribution < 1.29 is 53.5 Å². The molecule has 13 nitrogen and oxygen atoms in total. The molecule has 2 aromatic heterocycles. The lowest BCUT2D eigenvalue weighted by molar-refractivity contribution is 0.0512. The number of aryl methyl sites for hydroxylation is 1. The van der Waals surface area contributed by atoms with E-state index >= 15 is 13.2 Å². The molecule has 17 heteroatoms. The lowest BCUT2D eigenvalue weighted by Crippen LogP contribution is -2.59. The zero-order valence-corrected chi connectivity index (χ0v) is 38.7. The summed E-state index contributed by atoms with van der Waals surface area (Å²) in [5.41, 5.74) is -0.136. The summed E-state index contributed by atoms with van der Waals surface area (Å²) in [4.78, 5) is 30.4. The third-order valence-corrected chi connectivity index (χ3v) is 13.1. The molecule has 69 heavy (non-hydrogen) atoms. The Balaban J connectivity index is 0.977. The minimum Gasteiger partial charge on any atom is -0.497 e. The monoisotopic (exact) mass is 954 g/mol. The molecule has 0 spiro atoms. The maximum Gasteiger partial charge on any atom is 0.407 e. The van der Waals surface area contributed by atoms with Crippen LogP contribution in [0.5, 0.6) is 23.4 Å². The summed E-state index contributed by atoms with van der Waals surface area (Å²) in [6.45, 7) is 0.350. The number of amides is 1. The number of aromatic nitrogens is 3. The van der Waals surface area contributed by atoms with Crippen molar-refractivity contribution in [2.45, 2.75) is 82.0 Å². The van der Waals surface area contributed by atoms with Crippen LogP contribution in [-0.4, -0.2) is 115 Å². The highest BCUT2D eigenvalue weighted by molar-refractivity contribution is 6.01. The van der Waals surface area contributed by atoms with Gasteiger partial charge in [0.15, 0.2) is 12.6 Å². The minimum absolute atomic E-state index is 0.0103. The van der Waals surface area contributed by atoms with Gasteiger partial charge in [-0.15, -0.1) is 0 Å². The molecule has 1 N–H and O–H groups in total. The number of ether oxygens (including phenoxy) is 6. The topological polar surface area (TPSA) is 130 Å². The van der Waals surface area contributed by atoms with Gasteiger partial charge in [0.1, 0.15) is 54.1 Å². The molecule has 3 saturated heterocycles. The number of carbonyl (C=O) groups excluding carboxylic acids is 1. The highest BCUT2D eigenvalue weighted by Crippen LogP contribution is 2.42. The number of alkyl halides is 2. The van der Waals surface area contributed by atoms with Crippen LogP contribution >= 0.6 is 0 Å². The average molecular weight is 955 g/mol. The van der Waals surface area contributed by atoms with E-state index in [9.17, 15) is 9.18 Å². The maximum atomic E-state index is 17.5. The predicted molar refractivity (Wildman–Crippen MR) is 251 cm³/mol.